The number of benzene rings is 2. The van der Waals surface area contributed by atoms with Gasteiger partial charge in [0.05, 0.1) is 5.56 Å². The average Bonchev–Trinajstić information content (AvgIpc) is 2.46. The third-order valence-corrected chi connectivity index (χ3v) is 3.96. The van der Waals surface area contributed by atoms with Gasteiger partial charge in [-0.3, -0.25) is 0 Å². The maximum Gasteiger partial charge on any atom is 0.416 e. The summed E-state index contributed by atoms with van der Waals surface area (Å²) in [6.45, 7) is 3.81. The van der Waals surface area contributed by atoms with Crippen molar-refractivity contribution < 1.29 is 13.2 Å². The molecule has 0 atom stereocenters. The molecule has 0 unspecified atom stereocenters. The Balaban J connectivity index is 2.00. The van der Waals surface area contributed by atoms with Gasteiger partial charge >= 0.3 is 6.18 Å². The fourth-order valence-electron chi connectivity index (χ4n) is 2.81. The number of hydrogen-bond acceptors (Lipinski definition) is 1. The minimum absolute atomic E-state index is 0.608. The molecule has 0 aromatic heterocycles. The van der Waals surface area contributed by atoms with Crippen molar-refractivity contribution in [3.63, 3.8) is 0 Å². The molecule has 1 N–H and O–H groups in total. The van der Waals surface area contributed by atoms with Crippen molar-refractivity contribution >= 4 is 0 Å². The monoisotopic (exact) mass is 291 g/mol. The van der Waals surface area contributed by atoms with E-state index in [9.17, 15) is 13.2 Å². The van der Waals surface area contributed by atoms with Crippen LogP contribution in [0.5, 0.6) is 0 Å². The smallest absolute Gasteiger partial charge is 0.312 e. The van der Waals surface area contributed by atoms with Crippen molar-refractivity contribution in [2.24, 2.45) is 0 Å². The molecule has 0 bridgehead atoms. The summed E-state index contributed by atoms with van der Waals surface area (Å²) in [5, 5.41) is 3.32. The second kappa shape index (κ2) is 5.19. The summed E-state index contributed by atoms with van der Waals surface area (Å²) in [4.78, 5) is 0. The molecule has 110 valence electrons. The van der Waals surface area contributed by atoms with Crippen molar-refractivity contribution in [1.82, 2.24) is 5.32 Å². The average molecular weight is 291 g/mol. The molecule has 0 spiro atoms. The van der Waals surface area contributed by atoms with E-state index in [1.807, 2.05) is 6.92 Å². The SMILES string of the molecule is Cc1cc2c(cc1-c1ccc(C(F)(F)F)cc1)CNCC2. The van der Waals surface area contributed by atoms with Gasteiger partial charge in [0.15, 0.2) is 0 Å². The molecule has 0 aliphatic carbocycles. The van der Waals surface area contributed by atoms with E-state index in [2.05, 4.69) is 17.4 Å². The molecule has 0 saturated carbocycles. The third-order valence-electron chi connectivity index (χ3n) is 3.96. The highest BCUT2D eigenvalue weighted by atomic mass is 19.4. The van der Waals surface area contributed by atoms with Crippen LogP contribution in [0.3, 0.4) is 0 Å². The topological polar surface area (TPSA) is 12.0 Å². The first-order valence-electron chi connectivity index (χ1n) is 6.96. The van der Waals surface area contributed by atoms with Gasteiger partial charge in [-0.25, -0.2) is 0 Å². The molecule has 1 heterocycles. The highest BCUT2D eigenvalue weighted by molar-refractivity contribution is 5.69. The van der Waals surface area contributed by atoms with Crippen LogP contribution < -0.4 is 5.32 Å². The zero-order valence-corrected chi connectivity index (χ0v) is 11.7. The molecule has 2 aromatic carbocycles. The standard InChI is InChI=1S/C17H16F3N/c1-11-8-13-6-7-21-10-14(13)9-16(11)12-2-4-15(5-3-12)17(18,19)20/h2-5,8-9,21H,6-7,10H2,1H3. The van der Waals surface area contributed by atoms with E-state index in [1.165, 1.54) is 11.1 Å². The first-order chi connectivity index (χ1) is 9.95. The molecule has 21 heavy (non-hydrogen) atoms. The number of halogens is 3. The van der Waals surface area contributed by atoms with Crippen LogP contribution in [0.1, 0.15) is 22.3 Å². The van der Waals surface area contributed by atoms with E-state index in [0.717, 1.165) is 48.3 Å². The molecule has 0 fully saturated rings. The van der Waals surface area contributed by atoms with Crippen LogP contribution in [0.2, 0.25) is 0 Å². The highest BCUT2D eigenvalue weighted by Crippen LogP contribution is 2.33. The van der Waals surface area contributed by atoms with Gasteiger partial charge in [-0.1, -0.05) is 18.2 Å². The largest absolute Gasteiger partial charge is 0.416 e. The summed E-state index contributed by atoms with van der Waals surface area (Å²) < 4.78 is 37.9. The fourth-order valence-corrected chi connectivity index (χ4v) is 2.81. The molecule has 0 amide bonds. The number of fused-ring (bicyclic) bond motifs is 1. The van der Waals surface area contributed by atoms with E-state index in [4.69, 9.17) is 0 Å². The van der Waals surface area contributed by atoms with E-state index < -0.39 is 11.7 Å². The van der Waals surface area contributed by atoms with Crippen molar-refractivity contribution in [3.8, 4) is 11.1 Å². The molecule has 1 nitrogen and oxygen atoms in total. The third kappa shape index (κ3) is 2.81. The van der Waals surface area contributed by atoms with Gasteiger partial charge in [0.1, 0.15) is 0 Å². The number of alkyl halides is 3. The van der Waals surface area contributed by atoms with Gasteiger partial charge in [-0.2, -0.15) is 13.2 Å². The second-order valence-electron chi connectivity index (χ2n) is 5.44. The Labute approximate surface area is 121 Å². The van der Waals surface area contributed by atoms with Gasteiger partial charge in [0.25, 0.3) is 0 Å². The lowest BCUT2D eigenvalue weighted by atomic mass is 9.91. The molecule has 4 heteroatoms. The molecule has 1 aliphatic heterocycles. The Bertz CT molecular complexity index is 657. The van der Waals surface area contributed by atoms with E-state index in [1.54, 1.807) is 12.1 Å². The highest BCUT2D eigenvalue weighted by Gasteiger charge is 2.30. The number of nitrogens with one attached hydrogen (secondary N) is 1. The van der Waals surface area contributed by atoms with Gasteiger partial charge < -0.3 is 5.32 Å². The summed E-state index contributed by atoms with van der Waals surface area (Å²) in [7, 11) is 0. The van der Waals surface area contributed by atoms with Crippen molar-refractivity contribution in [1.29, 1.82) is 0 Å². The van der Waals surface area contributed by atoms with Crippen molar-refractivity contribution in [2.45, 2.75) is 26.1 Å². The van der Waals surface area contributed by atoms with Gasteiger partial charge in [-0.15, -0.1) is 0 Å². The number of hydrogen-bond donors (Lipinski definition) is 1. The Morgan fingerprint density at radius 2 is 1.71 bits per heavy atom. The fraction of sp³-hybridized carbons (Fsp3) is 0.294. The van der Waals surface area contributed by atoms with Gasteiger partial charge in [-0.05, 0) is 65.9 Å². The molecule has 3 rings (SSSR count). The van der Waals surface area contributed by atoms with Crippen molar-refractivity contribution in [2.75, 3.05) is 6.54 Å². The van der Waals surface area contributed by atoms with E-state index in [0.29, 0.717) is 0 Å². The van der Waals surface area contributed by atoms with Crippen LogP contribution in [0, 0.1) is 6.92 Å². The Morgan fingerprint density at radius 1 is 1.00 bits per heavy atom. The van der Waals surface area contributed by atoms with Gasteiger partial charge in [0, 0.05) is 6.54 Å². The maximum atomic E-state index is 12.6. The predicted molar refractivity (Wildman–Crippen MR) is 77.0 cm³/mol. The summed E-state index contributed by atoms with van der Waals surface area (Å²) in [5.74, 6) is 0. The van der Waals surface area contributed by atoms with Crippen LogP contribution >= 0.6 is 0 Å². The minimum atomic E-state index is -4.28. The molecule has 0 saturated heterocycles. The Morgan fingerprint density at radius 3 is 2.38 bits per heavy atom. The molecule has 1 aliphatic rings. The summed E-state index contributed by atoms with van der Waals surface area (Å²) in [6, 6.07) is 9.64. The predicted octanol–water partition coefficient (Wildman–Crippen LogP) is 4.33. The van der Waals surface area contributed by atoms with Crippen LogP contribution in [0.4, 0.5) is 13.2 Å². The first kappa shape index (κ1) is 14.1. The summed E-state index contributed by atoms with van der Waals surface area (Å²) >= 11 is 0. The summed E-state index contributed by atoms with van der Waals surface area (Å²) in [6.07, 6.45) is -3.28. The zero-order chi connectivity index (χ0) is 15.0. The van der Waals surface area contributed by atoms with Crippen molar-refractivity contribution in [3.05, 3.63) is 58.7 Å². The molecule has 2 aromatic rings. The second-order valence-corrected chi connectivity index (χ2v) is 5.44. The Kier molecular flexibility index (Phi) is 3.49. The molecule has 0 radical (unpaired) electrons. The maximum absolute atomic E-state index is 12.6. The first-order valence-corrected chi connectivity index (χ1v) is 6.96. The van der Waals surface area contributed by atoms with E-state index >= 15 is 0 Å². The van der Waals surface area contributed by atoms with Crippen LogP contribution in [0.25, 0.3) is 11.1 Å². The lowest BCUT2D eigenvalue weighted by Gasteiger charge is -2.20. The molecular formula is C17H16F3N. The normalized spacial score (nSPS) is 14.9. The minimum Gasteiger partial charge on any atom is -0.312 e. The quantitative estimate of drug-likeness (QED) is 0.824. The summed E-state index contributed by atoms with van der Waals surface area (Å²) in [5.41, 5.74) is 4.91. The lowest BCUT2D eigenvalue weighted by Crippen LogP contribution is -2.23. The zero-order valence-electron chi connectivity index (χ0n) is 11.7. The van der Waals surface area contributed by atoms with Crippen LogP contribution in [0.15, 0.2) is 36.4 Å². The van der Waals surface area contributed by atoms with Gasteiger partial charge in [0.2, 0.25) is 0 Å². The van der Waals surface area contributed by atoms with Crippen LogP contribution in [-0.4, -0.2) is 6.54 Å². The lowest BCUT2D eigenvalue weighted by molar-refractivity contribution is -0.137. The Hall–Kier alpha value is -1.81. The molecular weight excluding hydrogens is 275 g/mol. The number of rotatable bonds is 1. The van der Waals surface area contributed by atoms with Crippen LogP contribution in [-0.2, 0) is 19.1 Å². The number of aryl methyl sites for hydroxylation is 1. The van der Waals surface area contributed by atoms with E-state index in [-0.39, 0.29) is 0 Å².